The second kappa shape index (κ2) is 4.91. The normalized spacial score (nSPS) is 17.2. The Morgan fingerprint density at radius 2 is 1.88 bits per heavy atom. The van der Waals surface area contributed by atoms with Crippen LogP contribution in [0.5, 0.6) is 0 Å². The van der Waals surface area contributed by atoms with Gasteiger partial charge >= 0.3 is 6.09 Å². The molecular formula is C11H20N2O4. The van der Waals surface area contributed by atoms with Crippen molar-refractivity contribution in [3.05, 3.63) is 0 Å². The Labute approximate surface area is 101 Å². The van der Waals surface area contributed by atoms with Crippen molar-refractivity contribution in [1.82, 2.24) is 10.6 Å². The molecule has 0 aromatic heterocycles. The van der Waals surface area contributed by atoms with Crippen molar-refractivity contribution in [1.29, 1.82) is 0 Å². The molecule has 0 bridgehead atoms. The molecule has 0 spiro atoms. The first kappa shape index (κ1) is 13.8. The van der Waals surface area contributed by atoms with Crippen LogP contribution in [-0.4, -0.2) is 37.0 Å². The molecule has 17 heavy (non-hydrogen) atoms. The van der Waals surface area contributed by atoms with E-state index in [9.17, 15) is 9.59 Å². The standard InChI is InChI=1S/C11H20N2O4/c1-10(2,3)17-9(15)13-11(5-6-11)8(14)12-7-16-4/h5-7H2,1-4H3,(H,12,14)(H,13,15). The quantitative estimate of drug-likeness (QED) is 0.716. The van der Waals surface area contributed by atoms with Crippen LogP contribution in [0.1, 0.15) is 33.6 Å². The molecule has 1 aliphatic rings. The number of hydrogen-bond acceptors (Lipinski definition) is 4. The van der Waals surface area contributed by atoms with Crippen molar-refractivity contribution in [2.75, 3.05) is 13.8 Å². The number of ether oxygens (including phenoxy) is 2. The Bertz CT molecular complexity index is 305. The number of amides is 2. The van der Waals surface area contributed by atoms with Crippen LogP contribution in [0.4, 0.5) is 4.79 Å². The summed E-state index contributed by atoms with van der Waals surface area (Å²) in [5.41, 5.74) is -1.37. The summed E-state index contributed by atoms with van der Waals surface area (Å²) in [5.74, 6) is -0.231. The molecular weight excluding hydrogens is 224 g/mol. The van der Waals surface area contributed by atoms with Crippen LogP contribution in [0.2, 0.25) is 0 Å². The van der Waals surface area contributed by atoms with Crippen molar-refractivity contribution >= 4 is 12.0 Å². The second-order valence-electron chi connectivity index (χ2n) is 5.15. The number of rotatable bonds is 4. The summed E-state index contributed by atoms with van der Waals surface area (Å²) in [4.78, 5) is 23.3. The fraction of sp³-hybridized carbons (Fsp3) is 0.818. The van der Waals surface area contributed by atoms with Crippen LogP contribution in [0.25, 0.3) is 0 Å². The van der Waals surface area contributed by atoms with Gasteiger partial charge in [-0.1, -0.05) is 0 Å². The molecule has 1 rings (SSSR count). The van der Waals surface area contributed by atoms with Gasteiger partial charge in [-0.3, -0.25) is 4.79 Å². The minimum atomic E-state index is -0.805. The number of carbonyl (C=O) groups excluding carboxylic acids is 2. The van der Waals surface area contributed by atoms with E-state index in [1.807, 2.05) is 0 Å². The van der Waals surface area contributed by atoms with Gasteiger partial charge in [-0.25, -0.2) is 4.79 Å². The van der Waals surface area contributed by atoms with Crippen molar-refractivity contribution in [3.63, 3.8) is 0 Å². The highest BCUT2D eigenvalue weighted by atomic mass is 16.6. The fourth-order valence-electron chi connectivity index (χ4n) is 1.34. The largest absolute Gasteiger partial charge is 0.444 e. The lowest BCUT2D eigenvalue weighted by Gasteiger charge is -2.22. The predicted octanol–water partition coefficient (Wildman–Crippen LogP) is 0.764. The van der Waals surface area contributed by atoms with Crippen LogP contribution in [-0.2, 0) is 14.3 Å². The third-order valence-electron chi connectivity index (χ3n) is 2.30. The third-order valence-corrected chi connectivity index (χ3v) is 2.30. The zero-order valence-electron chi connectivity index (χ0n) is 10.8. The molecule has 2 amide bonds. The maximum atomic E-state index is 11.7. The van der Waals surface area contributed by atoms with E-state index < -0.39 is 17.2 Å². The van der Waals surface area contributed by atoms with Gasteiger partial charge in [0.1, 0.15) is 17.9 Å². The van der Waals surface area contributed by atoms with Gasteiger partial charge in [0.25, 0.3) is 0 Å². The molecule has 98 valence electrons. The number of nitrogens with one attached hydrogen (secondary N) is 2. The van der Waals surface area contributed by atoms with Crippen LogP contribution in [0.3, 0.4) is 0 Å². The van der Waals surface area contributed by atoms with E-state index in [2.05, 4.69) is 10.6 Å². The van der Waals surface area contributed by atoms with E-state index in [4.69, 9.17) is 9.47 Å². The molecule has 0 radical (unpaired) electrons. The number of methoxy groups -OCH3 is 1. The first-order valence-corrected chi connectivity index (χ1v) is 5.57. The molecule has 0 unspecified atom stereocenters. The van der Waals surface area contributed by atoms with Gasteiger partial charge in [0.15, 0.2) is 0 Å². The van der Waals surface area contributed by atoms with Crippen molar-refractivity contribution in [2.45, 2.75) is 44.8 Å². The topological polar surface area (TPSA) is 76.7 Å². The molecule has 0 aromatic rings. The molecule has 2 N–H and O–H groups in total. The fourth-order valence-corrected chi connectivity index (χ4v) is 1.34. The van der Waals surface area contributed by atoms with Crippen molar-refractivity contribution < 1.29 is 19.1 Å². The average molecular weight is 244 g/mol. The highest BCUT2D eigenvalue weighted by Gasteiger charge is 2.51. The number of alkyl carbamates (subject to hydrolysis) is 1. The molecule has 0 atom stereocenters. The van der Waals surface area contributed by atoms with Gasteiger partial charge in [0, 0.05) is 7.11 Å². The highest BCUT2D eigenvalue weighted by molar-refractivity contribution is 5.92. The van der Waals surface area contributed by atoms with Crippen molar-refractivity contribution in [3.8, 4) is 0 Å². The van der Waals surface area contributed by atoms with Crippen LogP contribution in [0.15, 0.2) is 0 Å². The van der Waals surface area contributed by atoms with Gasteiger partial charge in [0.05, 0.1) is 0 Å². The minimum absolute atomic E-state index is 0.135. The van der Waals surface area contributed by atoms with E-state index in [0.717, 1.165) is 0 Å². The van der Waals surface area contributed by atoms with E-state index >= 15 is 0 Å². The van der Waals surface area contributed by atoms with Crippen LogP contribution in [0, 0.1) is 0 Å². The van der Waals surface area contributed by atoms with Crippen LogP contribution < -0.4 is 10.6 Å². The second-order valence-corrected chi connectivity index (χ2v) is 5.15. The Hall–Kier alpha value is -1.30. The summed E-state index contributed by atoms with van der Waals surface area (Å²) in [6, 6.07) is 0. The monoisotopic (exact) mass is 244 g/mol. The van der Waals surface area contributed by atoms with Gasteiger partial charge in [-0.2, -0.15) is 0 Å². The van der Waals surface area contributed by atoms with Gasteiger partial charge in [0.2, 0.25) is 5.91 Å². The Balaban J connectivity index is 2.45. The maximum absolute atomic E-state index is 11.7. The van der Waals surface area contributed by atoms with Crippen LogP contribution >= 0.6 is 0 Å². The van der Waals surface area contributed by atoms with E-state index in [1.54, 1.807) is 20.8 Å². The highest BCUT2D eigenvalue weighted by Crippen LogP contribution is 2.35. The van der Waals surface area contributed by atoms with Gasteiger partial charge in [-0.15, -0.1) is 0 Å². The minimum Gasteiger partial charge on any atom is -0.444 e. The number of hydrogen-bond donors (Lipinski definition) is 2. The Morgan fingerprint density at radius 3 is 2.29 bits per heavy atom. The molecule has 1 fully saturated rings. The summed E-state index contributed by atoms with van der Waals surface area (Å²) < 4.78 is 9.85. The first-order valence-electron chi connectivity index (χ1n) is 5.57. The van der Waals surface area contributed by atoms with Crippen molar-refractivity contribution in [2.24, 2.45) is 0 Å². The average Bonchev–Trinajstić information content (AvgIpc) is 2.91. The molecule has 0 saturated heterocycles. The van der Waals surface area contributed by atoms with E-state index in [1.165, 1.54) is 7.11 Å². The lowest BCUT2D eigenvalue weighted by atomic mass is 10.2. The summed E-state index contributed by atoms with van der Waals surface area (Å²) in [6.07, 6.45) is 0.686. The number of carbonyl (C=O) groups is 2. The molecule has 0 aliphatic heterocycles. The van der Waals surface area contributed by atoms with E-state index in [-0.39, 0.29) is 12.6 Å². The smallest absolute Gasteiger partial charge is 0.408 e. The lowest BCUT2D eigenvalue weighted by molar-refractivity contribution is -0.125. The zero-order valence-corrected chi connectivity index (χ0v) is 10.8. The lowest BCUT2D eigenvalue weighted by Crippen LogP contribution is -2.50. The molecule has 6 heteroatoms. The SMILES string of the molecule is COCNC(=O)C1(NC(=O)OC(C)(C)C)CC1. The third kappa shape index (κ3) is 4.22. The van der Waals surface area contributed by atoms with Gasteiger partial charge in [-0.05, 0) is 33.6 Å². The Kier molecular flexibility index (Phi) is 3.98. The Morgan fingerprint density at radius 1 is 1.29 bits per heavy atom. The molecule has 1 aliphatic carbocycles. The predicted molar refractivity (Wildman–Crippen MR) is 61.4 cm³/mol. The summed E-state index contributed by atoms with van der Waals surface area (Å²) in [5, 5.41) is 5.18. The summed E-state index contributed by atoms with van der Waals surface area (Å²) in [7, 11) is 1.49. The van der Waals surface area contributed by atoms with E-state index in [0.29, 0.717) is 12.8 Å². The molecule has 0 aromatic carbocycles. The molecule has 1 saturated carbocycles. The molecule has 0 heterocycles. The maximum Gasteiger partial charge on any atom is 0.408 e. The zero-order chi connectivity index (χ0) is 13.1. The first-order chi connectivity index (χ1) is 7.79. The summed E-state index contributed by atoms with van der Waals surface area (Å²) >= 11 is 0. The molecule has 6 nitrogen and oxygen atoms in total. The summed E-state index contributed by atoms with van der Waals surface area (Å²) in [6.45, 7) is 5.46. The van der Waals surface area contributed by atoms with Gasteiger partial charge < -0.3 is 20.1 Å².